The molecule has 0 aliphatic rings. The molecule has 166 valence electrons. The quantitative estimate of drug-likeness (QED) is 0.314. The summed E-state index contributed by atoms with van der Waals surface area (Å²) in [7, 11) is 1.56. The Morgan fingerprint density at radius 1 is 0.935 bits per heavy atom. The first-order chi connectivity index (χ1) is 14.5. The molecule has 3 aromatic rings. The fourth-order valence-corrected chi connectivity index (χ4v) is 3.71. The van der Waals surface area contributed by atoms with Crippen molar-refractivity contribution in [2.45, 2.75) is 19.6 Å². The number of methoxy groups -OCH3 is 1. The van der Waals surface area contributed by atoms with Crippen molar-refractivity contribution in [2.24, 2.45) is 0 Å². The highest BCUT2D eigenvalue weighted by molar-refractivity contribution is 6.35. The minimum atomic E-state index is -0.189. The predicted molar refractivity (Wildman–Crippen MR) is 128 cm³/mol. The molecule has 31 heavy (non-hydrogen) atoms. The molecule has 0 bridgehead atoms. The molecule has 1 N–H and O–H groups in total. The molecule has 0 atom stereocenters. The maximum atomic E-state index is 13.7. The van der Waals surface area contributed by atoms with E-state index < -0.39 is 0 Å². The molecule has 3 rings (SSSR count). The average Bonchev–Trinajstić information content (AvgIpc) is 2.72. The van der Waals surface area contributed by atoms with Crippen molar-refractivity contribution in [1.82, 2.24) is 5.32 Å². The van der Waals surface area contributed by atoms with Crippen molar-refractivity contribution >= 4 is 47.2 Å². The van der Waals surface area contributed by atoms with Gasteiger partial charge in [0.15, 0.2) is 11.5 Å². The molecule has 0 fully saturated rings. The molecular formula is C23H22Cl4FNO2. The highest BCUT2D eigenvalue weighted by Gasteiger charge is 2.13. The highest BCUT2D eigenvalue weighted by atomic mass is 35.5. The molecule has 0 amide bonds. The summed E-state index contributed by atoms with van der Waals surface area (Å²) in [6.45, 7) is 1.42. The molecule has 0 saturated carbocycles. The van der Waals surface area contributed by atoms with Gasteiger partial charge in [-0.2, -0.15) is 0 Å². The number of halogens is 5. The van der Waals surface area contributed by atoms with Gasteiger partial charge in [-0.1, -0.05) is 59.1 Å². The van der Waals surface area contributed by atoms with E-state index in [1.54, 1.807) is 37.4 Å². The van der Waals surface area contributed by atoms with E-state index in [2.05, 4.69) is 5.32 Å². The Bertz CT molecular complexity index is 1020. The van der Waals surface area contributed by atoms with Gasteiger partial charge in [-0.15, -0.1) is 12.4 Å². The lowest BCUT2D eigenvalue weighted by Gasteiger charge is -2.15. The van der Waals surface area contributed by atoms with Gasteiger partial charge in [-0.05, 0) is 54.4 Å². The fourth-order valence-electron chi connectivity index (χ4n) is 2.96. The largest absolute Gasteiger partial charge is 0.493 e. The molecule has 0 spiro atoms. The van der Waals surface area contributed by atoms with Gasteiger partial charge in [-0.25, -0.2) is 4.39 Å². The second-order valence-electron chi connectivity index (χ2n) is 6.65. The molecule has 8 heteroatoms. The van der Waals surface area contributed by atoms with E-state index in [4.69, 9.17) is 44.3 Å². The summed E-state index contributed by atoms with van der Waals surface area (Å²) in [5.74, 6) is 0.782. The minimum Gasteiger partial charge on any atom is -0.493 e. The van der Waals surface area contributed by atoms with Crippen LogP contribution in [-0.2, 0) is 19.6 Å². The van der Waals surface area contributed by atoms with Crippen LogP contribution >= 0.6 is 47.2 Å². The normalized spacial score (nSPS) is 10.5. The summed E-state index contributed by atoms with van der Waals surface area (Å²) in [5.41, 5.74) is 2.41. The van der Waals surface area contributed by atoms with Crippen LogP contribution in [0.25, 0.3) is 0 Å². The van der Waals surface area contributed by atoms with E-state index in [9.17, 15) is 4.39 Å². The number of nitrogens with one attached hydrogen (secondary N) is 1. The van der Waals surface area contributed by atoms with Crippen molar-refractivity contribution in [3.63, 3.8) is 0 Å². The number of hydrogen-bond donors (Lipinski definition) is 1. The van der Waals surface area contributed by atoms with E-state index in [1.165, 1.54) is 6.07 Å². The molecule has 0 unspecified atom stereocenters. The second kappa shape index (κ2) is 12.4. The molecule has 0 radical (unpaired) electrons. The highest BCUT2D eigenvalue weighted by Crippen LogP contribution is 2.37. The van der Waals surface area contributed by atoms with Crippen molar-refractivity contribution in [3.05, 3.63) is 92.2 Å². The first-order valence-corrected chi connectivity index (χ1v) is 10.5. The number of rotatable bonds is 9. The Hall–Kier alpha value is -1.69. The number of ether oxygens (including phenoxy) is 2. The summed E-state index contributed by atoms with van der Waals surface area (Å²) in [6, 6.07) is 15.7. The van der Waals surface area contributed by atoms with Crippen LogP contribution in [-0.4, -0.2) is 13.7 Å². The lowest BCUT2D eigenvalue weighted by molar-refractivity contribution is 0.284. The molecule has 0 saturated heterocycles. The van der Waals surface area contributed by atoms with E-state index in [0.717, 1.165) is 11.1 Å². The first kappa shape index (κ1) is 25.6. The smallest absolute Gasteiger partial charge is 0.180 e. The zero-order valence-corrected chi connectivity index (χ0v) is 19.8. The van der Waals surface area contributed by atoms with Crippen LogP contribution in [0.5, 0.6) is 11.5 Å². The van der Waals surface area contributed by atoms with Crippen molar-refractivity contribution in [3.8, 4) is 11.5 Å². The zero-order valence-electron chi connectivity index (χ0n) is 16.8. The van der Waals surface area contributed by atoms with Gasteiger partial charge in [0.25, 0.3) is 0 Å². The van der Waals surface area contributed by atoms with Gasteiger partial charge in [0, 0.05) is 22.2 Å². The van der Waals surface area contributed by atoms with E-state index in [-0.39, 0.29) is 24.8 Å². The van der Waals surface area contributed by atoms with Crippen LogP contribution < -0.4 is 14.8 Å². The van der Waals surface area contributed by atoms with Crippen molar-refractivity contribution < 1.29 is 13.9 Å². The van der Waals surface area contributed by atoms with E-state index in [0.29, 0.717) is 51.6 Å². The van der Waals surface area contributed by atoms with Crippen LogP contribution in [0, 0.1) is 5.82 Å². The standard InChI is InChI=1S/C23H21Cl3FNO2.ClH/c1-29-22-11-15(13-28-9-8-16-4-2-3-5-21(16)27)10-20(26)23(22)30-14-17-6-7-18(24)12-19(17)25;/h2-7,10-12,28H,8-9,13-14H2,1H3;1H. The van der Waals surface area contributed by atoms with Gasteiger partial charge in [-0.3, -0.25) is 0 Å². The molecule has 0 aromatic heterocycles. The summed E-state index contributed by atoms with van der Waals surface area (Å²) >= 11 is 18.6. The van der Waals surface area contributed by atoms with Crippen LogP contribution in [0.15, 0.2) is 54.6 Å². The van der Waals surface area contributed by atoms with Crippen LogP contribution in [0.4, 0.5) is 4.39 Å². The third-order valence-electron chi connectivity index (χ3n) is 4.53. The maximum absolute atomic E-state index is 13.7. The van der Waals surface area contributed by atoms with Crippen molar-refractivity contribution in [2.75, 3.05) is 13.7 Å². The Morgan fingerprint density at radius 3 is 2.42 bits per heavy atom. The van der Waals surface area contributed by atoms with Gasteiger partial charge in [0.1, 0.15) is 12.4 Å². The molecule has 0 aliphatic heterocycles. The predicted octanol–water partition coefficient (Wildman–Crippen LogP) is 7.13. The average molecular weight is 505 g/mol. The molecule has 0 aliphatic carbocycles. The lowest BCUT2D eigenvalue weighted by Crippen LogP contribution is -2.17. The minimum absolute atomic E-state index is 0. The van der Waals surface area contributed by atoms with Crippen molar-refractivity contribution in [1.29, 1.82) is 0 Å². The third-order valence-corrected chi connectivity index (χ3v) is 5.40. The van der Waals surface area contributed by atoms with Crippen LogP contribution in [0.2, 0.25) is 15.1 Å². The SMILES string of the molecule is COc1cc(CNCCc2ccccc2F)cc(Cl)c1OCc1ccc(Cl)cc1Cl.Cl. The third kappa shape index (κ3) is 7.16. The van der Waals surface area contributed by atoms with Crippen LogP contribution in [0.1, 0.15) is 16.7 Å². The topological polar surface area (TPSA) is 30.5 Å². The fraction of sp³-hybridized carbons (Fsp3) is 0.217. The van der Waals surface area contributed by atoms with Gasteiger partial charge < -0.3 is 14.8 Å². The zero-order chi connectivity index (χ0) is 21.5. The van der Waals surface area contributed by atoms with Crippen LogP contribution in [0.3, 0.4) is 0 Å². The molecular weight excluding hydrogens is 483 g/mol. The van der Waals surface area contributed by atoms with Gasteiger partial charge >= 0.3 is 0 Å². The second-order valence-corrected chi connectivity index (χ2v) is 7.90. The maximum Gasteiger partial charge on any atom is 0.180 e. The Balaban J connectivity index is 0.00000341. The van der Waals surface area contributed by atoms with Gasteiger partial charge in [0.05, 0.1) is 12.1 Å². The molecule has 3 aromatic carbocycles. The first-order valence-electron chi connectivity index (χ1n) is 9.35. The van der Waals surface area contributed by atoms with E-state index >= 15 is 0 Å². The van der Waals surface area contributed by atoms with E-state index in [1.807, 2.05) is 18.2 Å². The summed E-state index contributed by atoms with van der Waals surface area (Å²) in [5, 5.41) is 4.81. The monoisotopic (exact) mass is 503 g/mol. The van der Waals surface area contributed by atoms with Gasteiger partial charge in [0.2, 0.25) is 0 Å². The molecule has 0 heterocycles. The summed E-state index contributed by atoms with van der Waals surface area (Å²) in [6.07, 6.45) is 0.598. The number of benzene rings is 3. The Labute approximate surface area is 202 Å². The summed E-state index contributed by atoms with van der Waals surface area (Å²) < 4.78 is 25.0. The lowest BCUT2D eigenvalue weighted by atomic mass is 10.1. The Kier molecular flexibility index (Phi) is 10.2. The summed E-state index contributed by atoms with van der Waals surface area (Å²) in [4.78, 5) is 0. The molecule has 3 nitrogen and oxygen atoms in total. The number of hydrogen-bond acceptors (Lipinski definition) is 3. The Morgan fingerprint density at radius 2 is 1.71 bits per heavy atom.